The van der Waals surface area contributed by atoms with Gasteiger partial charge >= 0.3 is 5.97 Å². The molecule has 0 saturated carbocycles. The highest BCUT2D eigenvalue weighted by Crippen LogP contribution is 1.93. The van der Waals surface area contributed by atoms with Crippen LogP contribution in [0.25, 0.3) is 0 Å². The molecule has 0 spiro atoms. The summed E-state index contributed by atoms with van der Waals surface area (Å²) in [6, 6.07) is 0. The van der Waals surface area contributed by atoms with Gasteiger partial charge in [0.15, 0.2) is 0 Å². The molecular formula is C7H13NO2. The summed E-state index contributed by atoms with van der Waals surface area (Å²) in [7, 11) is 3.34. The smallest absolute Gasteiger partial charge is 0.325 e. The molecule has 0 atom stereocenters. The van der Waals surface area contributed by atoms with Crippen molar-refractivity contribution in [3.05, 3.63) is 12.7 Å². The van der Waals surface area contributed by atoms with Crippen LogP contribution in [0.5, 0.6) is 0 Å². The first-order valence-corrected chi connectivity index (χ1v) is 3.16. The van der Waals surface area contributed by atoms with Crippen LogP contribution in [0, 0.1) is 0 Å². The summed E-state index contributed by atoms with van der Waals surface area (Å²) in [4.78, 5) is 15.4. The normalized spacial score (nSPS) is 9.50. The van der Waals surface area contributed by atoms with E-state index >= 15 is 0 Å². The average Bonchev–Trinajstić information content (AvgIpc) is 1.82. The van der Waals surface area contributed by atoms with Crippen molar-refractivity contribution >= 4 is 5.97 Å². The van der Waals surface area contributed by atoms with Crippen molar-refractivity contribution in [1.82, 2.24) is 5.06 Å². The number of carbonyl (C=O) groups excluding carboxylic acids is 1. The van der Waals surface area contributed by atoms with Gasteiger partial charge < -0.3 is 4.84 Å². The van der Waals surface area contributed by atoms with Gasteiger partial charge in [0.1, 0.15) is 0 Å². The van der Waals surface area contributed by atoms with Crippen LogP contribution in [-0.2, 0) is 9.63 Å². The molecule has 58 valence electrons. The number of allylic oxidation sites excluding steroid dienone is 1. The first-order chi connectivity index (χ1) is 4.66. The first-order valence-electron chi connectivity index (χ1n) is 3.16. The van der Waals surface area contributed by atoms with Crippen molar-refractivity contribution in [1.29, 1.82) is 0 Å². The largest absolute Gasteiger partial charge is 0.368 e. The van der Waals surface area contributed by atoms with Crippen molar-refractivity contribution in [2.45, 2.75) is 12.8 Å². The minimum absolute atomic E-state index is 0.218. The molecule has 0 bridgehead atoms. The molecule has 0 amide bonds. The van der Waals surface area contributed by atoms with Crippen LogP contribution in [0.4, 0.5) is 0 Å². The zero-order valence-corrected chi connectivity index (χ0v) is 6.46. The summed E-state index contributed by atoms with van der Waals surface area (Å²) < 4.78 is 0. The Balaban J connectivity index is 3.34. The Kier molecular flexibility index (Phi) is 4.58. The Morgan fingerprint density at radius 1 is 1.70 bits per heavy atom. The second-order valence-electron chi connectivity index (χ2n) is 2.10. The molecule has 0 N–H and O–H groups in total. The van der Waals surface area contributed by atoms with Gasteiger partial charge in [0.05, 0.1) is 6.42 Å². The lowest BCUT2D eigenvalue weighted by molar-refractivity contribution is -0.178. The van der Waals surface area contributed by atoms with E-state index in [4.69, 9.17) is 4.84 Å². The van der Waals surface area contributed by atoms with Crippen molar-refractivity contribution in [3.63, 3.8) is 0 Å². The molecule has 0 aliphatic rings. The molecule has 0 aliphatic heterocycles. The molecular weight excluding hydrogens is 130 g/mol. The van der Waals surface area contributed by atoms with Crippen LogP contribution in [0.2, 0.25) is 0 Å². The van der Waals surface area contributed by atoms with Crippen LogP contribution >= 0.6 is 0 Å². The molecule has 3 nitrogen and oxygen atoms in total. The third kappa shape index (κ3) is 5.31. The Labute approximate surface area is 61.2 Å². The number of hydrogen-bond donors (Lipinski definition) is 0. The molecule has 0 unspecified atom stereocenters. The third-order valence-electron chi connectivity index (χ3n) is 0.837. The Morgan fingerprint density at radius 2 is 2.30 bits per heavy atom. The Morgan fingerprint density at radius 3 is 2.70 bits per heavy atom. The van der Waals surface area contributed by atoms with Gasteiger partial charge in [-0.1, -0.05) is 6.08 Å². The van der Waals surface area contributed by atoms with E-state index in [1.807, 2.05) is 0 Å². The SMILES string of the molecule is C=CCCC(=O)ON(C)C. The molecule has 0 heterocycles. The maximum Gasteiger partial charge on any atom is 0.325 e. The summed E-state index contributed by atoms with van der Waals surface area (Å²) in [6.45, 7) is 3.49. The highest BCUT2D eigenvalue weighted by molar-refractivity contribution is 5.69. The summed E-state index contributed by atoms with van der Waals surface area (Å²) >= 11 is 0. The van der Waals surface area contributed by atoms with Gasteiger partial charge in [0.2, 0.25) is 0 Å². The van der Waals surface area contributed by atoms with E-state index in [-0.39, 0.29) is 5.97 Å². The minimum atomic E-state index is -0.218. The lowest BCUT2D eigenvalue weighted by atomic mass is 10.3. The predicted molar refractivity (Wildman–Crippen MR) is 39.2 cm³/mol. The monoisotopic (exact) mass is 143 g/mol. The fourth-order valence-corrected chi connectivity index (χ4v) is 0.469. The molecule has 3 heteroatoms. The molecule has 0 fully saturated rings. The number of hydrogen-bond acceptors (Lipinski definition) is 3. The van der Waals surface area contributed by atoms with E-state index < -0.39 is 0 Å². The summed E-state index contributed by atoms with van der Waals surface area (Å²) in [6.07, 6.45) is 2.77. The molecule has 0 aliphatic carbocycles. The summed E-state index contributed by atoms with van der Waals surface area (Å²) in [5.74, 6) is -0.218. The lowest BCUT2D eigenvalue weighted by Gasteiger charge is -2.08. The Bertz CT molecular complexity index is 121. The van der Waals surface area contributed by atoms with Crippen molar-refractivity contribution in [2.24, 2.45) is 0 Å². The maximum absolute atomic E-state index is 10.7. The topological polar surface area (TPSA) is 29.5 Å². The number of nitrogens with zero attached hydrogens (tertiary/aromatic N) is 1. The third-order valence-corrected chi connectivity index (χ3v) is 0.837. The zero-order valence-electron chi connectivity index (χ0n) is 6.46. The van der Waals surface area contributed by atoms with E-state index in [0.29, 0.717) is 12.8 Å². The highest BCUT2D eigenvalue weighted by atomic mass is 16.7. The molecule has 0 aromatic rings. The zero-order chi connectivity index (χ0) is 7.98. The van der Waals surface area contributed by atoms with Gasteiger partial charge in [0.25, 0.3) is 0 Å². The predicted octanol–water partition coefficient (Wildman–Crippen LogP) is 0.972. The average molecular weight is 143 g/mol. The van der Waals surface area contributed by atoms with Crippen molar-refractivity contribution < 1.29 is 9.63 Å². The minimum Gasteiger partial charge on any atom is -0.368 e. The van der Waals surface area contributed by atoms with Crippen LogP contribution in [0.15, 0.2) is 12.7 Å². The second-order valence-corrected chi connectivity index (χ2v) is 2.10. The van der Waals surface area contributed by atoms with Crippen LogP contribution in [0.3, 0.4) is 0 Å². The fourth-order valence-electron chi connectivity index (χ4n) is 0.469. The number of hydroxylamine groups is 2. The second kappa shape index (κ2) is 4.99. The molecule has 0 rings (SSSR count). The maximum atomic E-state index is 10.7. The van der Waals surface area contributed by atoms with Crippen LogP contribution < -0.4 is 0 Å². The van der Waals surface area contributed by atoms with Crippen molar-refractivity contribution in [2.75, 3.05) is 14.1 Å². The number of rotatable bonds is 4. The summed E-state index contributed by atoms with van der Waals surface area (Å²) in [5.41, 5.74) is 0. The molecule has 0 aromatic heterocycles. The van der Waals surface area contributed by atoms with E-state index in [9.17, 15) is 4.79 Å². The van der Waals surface area contributed by atoms with E-state index in [0.717, 1.165) is 0 Å². The molecule has 0 aromatic carbocycles. The van der Waals surface area contributed by atoms with E-state index in [2.05, 4.69) is 6.58 Å². The summed E-state index contributed by atoms with van der Waals surface area (Å²) in [5, 5.41) is 1.38. The van der Waals surface area contributed by atoms with Crippen LogP contribution in [-0.4, -0.2) is 25.1 Å². The van der Waals surface area contributed by atoms with E-state index in [1.165, 1.54) is 5.06 Å². The lowest BCUT2D eigenvalue weighted by Crippen LogP contribution is -2.17. The highest BCUT2D eigenvalue weighted by Gasteiger charge is 2.01. The quantitative estimate of drug-likeness (QED) is 0.434. The standard InChI is InChI=1S/C7H13NO2/c1-4-5-6-7(9)10-8(2)3/h4H,1,5-6H2,2-3H3. The van der Waals surface area contributed by atoms with Gasteiger partial charge in [-0.15, -0.1) is 11.6 Å². The van der Waals surface area contributed by atoms with E-state index in [1.54, 1.807) is 20.2 Å². The Hall–Kier alpha value is -0.830. The van der Waals surface area contributed by atoms with Gasteiger partial charge in [-0.2, -0.15) is 0 Å². The number of carbonyl (C=O) groups is 1. The van der Waals surface area contributed by atoms with Crippen LogP contribution in [0.1, 0.15) is 12.8 Å². The first kappa shape index (κ1) is 9.17. The fraction of sp³-hybridized carbons (Fsp3) is 0.571. The van der Waals surface area contributed by atoms with Gasteiger partial charge in [0, 0.05) is 14.1 Å². The van der Waals surface area contributed by atoms with Crippen molar-refractivity contribution in [3.8, 4) is 0 Å². The molecule has 0 saturated heterocycles. The van der Waals surface area contributed by atoms with Gasteiger partial charge in [-0.25, -0.2) is 0 Å². The molecule has 0 radical (unpaired) electrons. The van der Waals surface area contributed by atoms with Gasteiger partial charge in [-0.05, 0) is 6.42 Å². The molecule has 10 heavy (non-hydrogen) atoms. The van der Waals surface area contributed by atoms with Gasteiger partial charge in [-0.3, -0.25) is 4.79 Å².